The molecule has 1 unspecified atom stereocenters. The summed E-state index contributed by atoms with van der Waals surface area (Å²) in [6.45, 7) is 6.50. The van der Waals surface area contributed by atoms with E-state index in [1.54, 1.807) is 0 Å². The van der Waals surface area contributed by atoms with E-state index in [1.807, 2.05) is 13.8 Å². The van der Waals surface area contributed by atoms with Gasteiger partial charge in [0.2, 0.25) is 0 Å². The van der Waals surface area contributed by atoms with Gasteiger partial charge in [0.05, 0.1) is 25.9 Å². The van der Waals surface area contributed by atoms with Crippen LogP contribution in [-0.2, 0) is 9.47 Å². The zero-order valence-electron chi connectivity index (χ0n) is 9.99. The second kappa shape index (κ2) is 5.62. The molecule has 0 saturated carbocycles. The lowest BCUT2D eigenvalue weighted by Gasteiger charge is -2.23. The quantitative estimate of drug-likeness (QED) is 0.891. The molecule has 1 aliphatic heterocycles. The Morgan fingerprint density at radius 3 is 2.82 bits per heavy atom. The monoisotopic (exact) mass is 257 g/mol. The van der Waals surface area contributed by atoms with Gasteiger partial charge in [0.1, 0.15) is 0 Å². The molecule has 0 aromatic carbocycles. The average molecular weight is 258 g/mol. The van der Waals surface area contributed by atoms with Crippen molar-refractivity contribution in [3.8, 4) is 0 Å². The minimum atomic E-state index is 0.0703. The fraction of sp³-hybridized carbons (Fsp3) is 0.636. The lowest BCUT2D eigenvalue weighted by atomic mass is 10.2. The van der Waals surface area contributed by atoms with Crippen molar-refractivity contribution in [3.63, 3.8) is 0 Å². The fourth-order valence-corrected chi connectivity index (χ4v) is 1.79. The molecule has 1 atom stereocenters. The molecule has 0 radical (unpaired) electrons. The van der Waals surface area contributed by atoms with Crippen LogP contribution >= 0.6 is 11.6 Å². The van der Waals surface area contributed by atoms with Crippen LogP contribution in [-0.4, -0.2) is 42.7 Å². The number of nitrogens with one attached hydrogen (secondary N) is 1. The van der Waals surface area contributed by atoms with Crippen LogP contribution in [0.4, 0.5) is 5.82 Å². The first-order valence-corrected chi connectivity index (χ1v) is 5.99. The average Bonchev–Trinajstić information content (AvgIpc) is 2.36. The Bertz CT molecular complexity index is 395. The van der Waals surface area contributed by atoms with Gasteiger partial charge >= 0.3 is 0 Å². The maximum atomic E-state index is 5.89. The largest absolute Gasteiger partial charge is 0.376 e. The highest BCUT2D eigenvalue weighted by molar-refractivity contribution is 6.30. The number of hydrogen-bond acceptors (Lipinski definition) is 5. The molecule has 94 valence electrons. The normalized spacial score (nSPS) is 20.3. The van der Waals surface area contributed by atoms with Crippen molar-refractivity contribution in [3.05, 3.63) is 16.3 Å². The van der Waals surface area contributed by atoms with Gasteiger partial charge in [0.25, 0.3) is 0 Å². The van der Waals surface area contributed by atoms with E-state index < -0.39 is 0 Å². The van der Waals surface area contributed by atoms with E-state index in [0.717, 1.165) is 16.9 Å². The van der Waals surface area contributed by atoms with E-state index in [4.69, 9.17) is 21.1 Å². The van der Waals surface area contributed by atoms with Gasteiger partial charge in [-0.25, -0.2) is 0 Å². The lowest BCUT2D eigenvalue weighted by Crippen LogP contribution is -2.34. The molecular formula is C11H16ClN3O2. The first-order chi connectivity index (χ1) is 8.18. The molecule has 17 heavy (non-hydrogen) atoms. The molecule has 2 rings (SSSR count). The first-order valence-electron chi connectivity index (χ1n) is 5.61. The Morgan fingerprint density at radius 1 is 1.29 bits per heavy atom. The summed E-state index contributed by atoms with van der Waals surface area (Å²) < 4.78 is 10.9. The van der Waals surface area contributed by atoms with Gasteiger partial charge in [0.15, 0.2) is 11.0 Å². The molecule has 1 saturated heterocycles. The van der Waals surface area contributed by atoms with Crippen LogP contribution < -0.4 is 5.32 Å². The summed E-state index contributed by atoms with van der Waals surface area (Å²) >= 11 is 5.89. The van der Waals surface area contributed by atoms with Crippen LogP contribution in [0, 0.1) is 13.8 Å². The molecule has 1 aromatic heterocycles. The summed E-state index contributed by atoms with van der Waals surface area (Å²) in [6, 6.07) is 0. The summed E-state index contributed by atoms with van der Waals surface area (Å²) in [5, 5.41) is 11.6. The van der Waals surface area contributed by atoms with E-state index in [0.29, 0.717) is 31.5 Å². The zero-order chi connectivity index (χ0) is 12.3. The number of nitrogens with zero attached hydrogens (tertiary/aromatic N) is 2. The molecule has 2 heterocycles. The Hall–Kier alpha value is -0.910. The Morgan fingerprint density at radius 2 is 2.12 bits per heavy atom. The molecule has 6 heteroatoms. The summed E-state index contributed by atoms with van der Waals surface area (Å²) in [6.07, 6.45) is 0.0703. The number of hydrogen-bond donors (Lipinski definition) is 1. The smallest absolute Gasteiger partial charge is 0.155 e. The van der Waals surface area contributed by atoms with E-state index in [2.05, 4.69) is 15.5 Å². The minimum Gasteiger partial charge on any atom is -0.376 e. The number of ether oxygens (including phenoxy) is 2. The molecule has 1 N–H and O–H groups in total. The standard InChI is InChI=1S/C11H16ClN3O2/c1-7-8(2)11(15-14-10(7)12)13-5-9-6-16-3-4-17-9/h9H,3-6H2,1-2H3,(H,13,15). The summed E-state index contributed by atoms with van der Waals surface area (Å²) in [5.74, 6) is 0.751. The maximum absolute atomic E-state index is 5.89. The SMILES string of the molecule is Cc1c(Cl)nnc(NCC2COCCO2)c1C. The second-order valence-electron chi connectivity index (χ2n) is 4.04. The number of rotatable bonds is 3. The van der Waals surface area contributed by atoms with Crippen LogP contribution in [0.2, 0.25) is 5.15 Å². The van der Waals surface area contributed by atoms with Crippen molar-refractivity contribution >= 4 is 17.4 Å². The molecule has 0 amide bonds. The van der Waals surface area contributed by atoms with Crippen molar-refractivity contribution in [1.82, 2.24) is 10.2 Å². The van der Waals surface area contributed by atoms with Gasteiger partial charge in [-0.05, 0) is 25.0 Å². The predicted octanol–water partition coefficient (Wildman–Crippen LogP) is 1.57. The molecule has 0 spiro atoms. The van der Waals surface area contributed by atoms with Gasteiger partial charge in [0, 0.05) is 6.54 Å². The first kappa shape index (κ1) is 12.5. The van der Waals surface area contributed by atoms with Gasteiger partial charge < -0.3 is 14.8 Å². The summed E-state index contributed by atoms with van der Waals surface area (Å²) in [5.41, 5.74) is 1.96. The number of halogens is 1. The molecule has 1 aromatic rings. The number of anilines is 1. The van der Waals surface area contributed by atoms with Crippen LogP contribution in [0.5, 0.6) is 0 Å². The summed E-state index contributed by atoms with van der Waals surface area (Å²) in [7, 11) is 0. The Balaban J connectivity index is 1.96. The topological polar surface area (TPSA) is 56.3 Å². The van der Waals surface area contributed by atoms with Gasteiger partial charge in [-0.2, -0.15) is 0 Å². The van der Waals surface area contributed by atoms with Crippen LogP contribution in [0.15, 0.2) is 0 Å². The van der Waals surface area contributed by atoms with Crippen LogP contribution in [0.1, 0.15) is 11.1 Å². The predicted molar refractivity (Wildman–Crippen MR) is 65.6 cm³/mol. The molecule has 0 bridgehead atoms. The highest BCUT2D eigenvalue weighted by atomic mass is 35.5. The third-order valence-corrected chi connectivity index (χ3v) is 3.21. The van der Waals surface area contributed by atoms with Gasteiger partial charge in [-0.3, -0.25) is 0 Å². The Labute approximate surface area is 105 Å². The van der Waals surface area contributed by atoms with E-state index in [1.165, 1.54) is 0 Å². The van der Waals surface area contributed by atoms with Gasteiger partial charge in [-0.1, -0.05) is 11.6 Å². The van der Waals surface area contributed by atoms with Crippen LogP contribution in [0.3, 0.4) is 0 Å². The van der Waals surface area contributed by atoms with Crippen molar-refractivity contribution in [2.24, 2.45) is 0 Å². The third-order valence-electron chi connectivity index (χ3n) is 2.85. The fourth-order valence-electron chi connectivity index (χ4n) is 1.61. The summed E-state index contributed by atoms with van der Waals surface area (Å²) in [4.78, 5) is 0. The molecule has 0 aliphatic carbocycles. The lowest BCUT2D eigenvalue weighted by molar-refractivity contribution is -0.0819. The van der Waals surface area contributed by atoms with E-state index in [-0.39, 0.29) is 6.10 Å². The molecule has 5 nitrogen and oxygen atoms in total. The Kier molecular flexibility index (Phi) is 4.15. The van der Waals surface area contributed by atoms with E-state index in [9.17, 15) is 0 Å². The maximum Gasteiger partial charge on any atom is 0.155 e. The zero-order valence-corrected chi connectivity index (χ0v) is 10.8. The van der Waals surface area contributed by atoms with Crippen molar-refractivity contribution in [1.29, 1.82) is 0 Å². The van der Waals surface area contributed by atoms with Crippen LogP contribution in [0.25, 0.3) is 0 Å². The second-order valence-corrected chi connectivity index (χ2v) is 4.40. The molecule has 1 aliphatic rings. The molecular weight excluding hydrogens is 242 g/mol. The molecule has 1 fully saturated rings. The third kappa shape index (κ3) is 3.06. The highest BCUT2D eigenvalue weighted by Gasteiger charge is 2.15. The van der Waals surface area contributed by atoms with Crippen molar-refractivity contribution in [2.75, 3.05) is 31.7 Å². The van der Waals surface area contributed by atoms with Crippen molar-refractivity contribution in [2.45, 2.75) is 20.0 Å². The highest BCUT2D eigenvalue weighted by Crippen LogP contribution is 2.20. The van der Waals surface area contributed by atoms with Gasteiger partial charge in [-0.15, -0.1) is 10.2 Å². The van der Waals surface area contributed by atoms with E-state index >= 15 is 0 Å². The minimum absolute atomic E-state index is 0.0703. The number of aromatic nitrogens is 2. The van der Waals surface area contributed by atoms with Crippen molar-refractivity contribution < 1.29 is 9.47 Å².